The number of hydrogen-bond donors (Lipinski definition) is 1. The second-order valence-electron chi connectivity index (χ2n) is 4.71. The molecule has 0 heterocycles. The van der Waals surface area contributed by atoms with E-state index in [1.165, 1.54) is 22.5 Å². The lowest BCUT2D eigenvalue weighted by Gasteiger charge is -2.22. The molecule has 2 nitrogen and oxygen atoms in total. The average molecular weight is 319 g/mol. The molecule has 100 valence electrons. The molecule has 19 heavy (non-hydrogen) atoms. The van der Waals surface area contributed by atoms with Crippen molar-refractivity contribution in [2.24, 2.45) is 0 Å². The first kappa shape index (κ1) is 14.1. The van der Waals surface area contributed by atoms with Crippen LogP contribution in [0.3, 0.4) is 0 Å². The Morgan fingerprint density at radius 1 is 1.16 bits per heavy atom. The van der Waals surface area contributed by atoms with Gasteiger partial charge in [-0.25, -0.2) is 0 Å². The van der Waals surface area contributed by atoms with Gasteiger partial charge in [0.1, 0.15) is 0 Å². The van der Waals surface area contributed by atoms with E-state index >= 15 is 0 Å². The third-order valence-electron chi connectivity index (χ3n) is 3.14. The Balaban J connectivity index is 2.31. The Morgan fingerprint density at radius 3 is 2.58 bits per heavy atom. The van der Waals surface area contributed by atoms with E-state index in [2.05, 4.69) is 82.6 Å². The Morgan fingerprint density at radius 2 is 1.95 bits per heavy atom. The summed E-state index contributed by atoms with van der Waals surface area (Å²) in [5, 5.41) is 3.16. The minimum atomic E-state index is 0.882. The number of hydrogen-bond acceptors (Lipinski definition) is 2. The summed E-state index contributed by atoms with van der Waals surface area (Å²) in [6.07, 6.45) is 0. The molecular formula is C16H19BrN2. The highest BCUT2D eigenvalue weighted by Crippen LogP contribution is 2.31. The maximum Gasteiger partial charge on any atom is 0.0552 e. The van der Waals surface area contributed by atoms with Crippen LogP contribution in [-0.2, 0) is 6.54 Å². The third kappa shape index (κ3) is 3.37. The molecule has 0 bridgehead atoms. The molecule has 0 unspecified atom stereocenters. The van der Waals surface area contributed by atoms with Crippen LogP contribution in [0.2, 0.25) is 0 Å². The van der Waals surface area contributed by atoms with Crippen molar-refractivity contribution in [3.63, 3.8) is 0 Å². The van der Waals surface area contributed by atoms with Crippen LogP contribution in [0.5, 0.6) is 0 Å². The highest BCUT2D eigenvalue weighted by Gasteiger charge is 2.08. The number of aryl methyl sites for hydroxylation is 1. The predicted molar refractivity (Wildman–Crippen MR) is 86.1 cm³/mol. The molecule has 3 heteroatoms. The summed E-state index contributed by atoms with van der Waals surface area (Å²) in [6.45, 7) is 3.00. The standard InChI is InChI=1S/C16H19BrN2/c1-12-5-4-6-14(9-12)19(3)16-8-7-13(11-18-2)10-15(16)17/h4-10,18H,11H2,1-3H3. The van der Waals surface area contributed by atoms with E-state index in [-0.39, 0.29) is 0 Å². The van der Waals surface area contributed by atoms with Gasteiger partial charge in [0, 0.05) is 23.8 Å². The summed E-state index contributed by atoms with van der Waals surface area (Å²) in [7, 11) is 4.05. The molecule has 2 rings (SSSR count). The minimum absolute atomic E-state index is 0.882. The molecule has 2 aromatic carbocycles. The van der Waals surface area contributed by atoms with Crippen molar-refractivity contribution in [2.75, 3.05) is 19.0 Å². The number of benzene rings is 2. The molecule has 0 spiro atoms. The van der Waals surface area contributed by atoms with Gasteiger partial charge >= 0.3 is 0 Å². The van der Waals surface area contributed by atoms with E-state index in [4.69, 9.17) is 0 Å². The highest BCUT2D eigenvalue weighted by atomic mass is 79.9. The fraction of sp³-hybridized carbons (Fsp3) is 0.250. The molecule has 0 aliphatic rings. The molecule has 0 radical (unpaired) electrons. The van der Waals surface area contributed by atoms with Crippen LogP contribution in [0.4, 0.5) is 11.4 Å². The SMILES string of the molecule is CNCc1ccc(N(C)c2cccc(C)c2)c(Br)c1. The normalized spacial score (nSPS) is 10.5. The molecule has 0 aliphatic heterocycles. The van der Waals surface area contributed by atoms with Crippen LogP contribution >= 0.6 is 15.9 Å². The minimum Gasteiger partial charge on any atom is -0.344 e. The van der Waals surface area contributed by atoms with E-state index in [0.717, 1.165) is 11.0 Å². The first-order chi connectivity index (χ1) is 9.11. The smallest absolute Gasteiger partial charge is 0.0552 e. The van der Waals surface area contributed by atoms with E-state index in [0.29, 0.717) is 0 Å². The van der Waals surface area contributed by atoms with Gasteiger partial charge in [-0.1, -0.05) is 18.2 Å². The molecule has 0 atom stereocenters. The zero-order valence-electron chi connectivity index (χ0n) is 11.6. The fourth-order valence-electron chi connectivity index (χ4n) is 2.11. The molecule has 0 aromatic heterocycles. The van der Waals surface area contributed by atoms with Crippen LogP contribution in [0.1, 0.15) is 11.1 Å². The first-order valence-electron chi connectivity index (χ1n) is 6.35. The monoisotopic (exact) mass is 318 g/mol. The molecule has 0 fully saturated rings. The van der Waals surface area contributed by atoms with Gasteiger partial charge in [-0.05, 0) is 65.3 Å². The van der Waals surface area contributed by atoms with Gasteiger partial charge in [-0.3, -0.25) is 0 Å². The van der Waals surface area contributed by atoms with Crippen molar-refractivity contribution in [3.05, 3.63) is 58.1 Å². The molecular weight excluding hydrogens is 300 g/mol. The van der Waals surface area contributed by atoms with Gasteiger partial charge in [0.05, 0.1) is 5.69 Å². The van der Waals surface area contributed by atoms with Crippen molar-refractivity contribution in [2.45, 2.75) is 13.5 Å². The van der Waals surface area contributed by atoms with Crippen molar-refractivity contribution in [1.29, 1.82) is 0 Å². The first-order valence-corrected chi connectivity index (χ1v) is 7.14. The second-order valence-corrected chi connectivity index (χ2v) is 5.57. The van der Waals surface area contributed by atoms with Gasteiger partial charge in [-0.15, -0.1) is 0 Å². The summed E-state index contributed by atoms with van der Waals surface area (Å²) in [6, 6.07) is 15.0. The van der Waals surface area contributed by atoms with Crippen molar-refractivity contribution in [1.82, 2.24) is 5.32 Å². The number of halogens is 1. The predicted octanol–water partition coefficient (Wildman–Crippen LogP) is 4.24. The van der Waals surface area contributed by atoms with Gasteiger partial charge in [0.25, 0.3) is 0 Å². The Kier molecular flexibility index (Phi) is 4.61. The number of nitrogens with zero attached hydrogens (tertiary/aromatic N) is 1. The zero-order valence-corrected chi connectivity index (χ0v) is 13.2. The largest absolute Gasteiger partial charge is 0.344 e. The molecule has 1 N–H and O–H groups in total. The van der Waals surface area contributed by atoms with Gasteiger partial charge in [-0.2, -0.15) is 0 Å². The quantitative estimate of drug-likeness (QED) is 0.906. The Bertz CT molecular complexity index is 566. The Hall–Kier alpha value is -1.32. The Labute approximate surface area is 123 Å². The van der Waals surface area contributed by atoms with E-state index in [1.54, 1.807) is 0 Å². The van der Waals surface area contributed by atoms with Gasteiger partial charge in [0.15, 0.2) is 0 Å². The topological polar surface area (TPSA) is 15.3 Å². The lowest BCUT2D eigenvalue weighted by atomic mass is 10.1. The van der Waals surface area contributed by atoms with Crippen molar-refractivity contribution in [3.8, 4) is 0 Å². The molecule has 0 amide bonds. The third-order valence-corrected chi connectivity index (χ3v) is 3.78. The van der Waals surface area contributed by atoms with Gasteiger partial charge < -0.3 is 10.2 Å². The summed E-state index contributed by atoms with van der Waals surface area (Å²) < 4.78 is 1.12. The maximum absolute atomic E-state index is 3.66. The lowest BCUT2D eigenvalue weighted by Crippen LogP contribution is -2.11. The molecule has 0 aliphatic carbocycles. The molecule has 0 saturated carbocycles. The number of nitrogens with one attached hydrogen (secondary N) is 1. The number of rotatable bonds is 4. The lowest BCUT2D eigenvalue weighted by molar-refractivity contribution is 0.817. The van der Waals surface area contributed by atoms with Crippen LogP contribution in [0.15, 0.2) is 46.9 Å². The molecule has 2 aromatic rings. The number of anilines is 2. The average Bonchev–Trinajstić information content (AvgIpc) is 2.38. The van der Waals surface area contributed by atoms with Crippen LogP contribution in [0.25, 0.3) is 0 Å². The maximum atomic E-state index is 3.66. The van der Waals surface area contributed by atoms with Crippen LogP contribution < -0.4 is 10.2 Å². The van der Waals surface area contributed by atoms with Crippen molar-refractivity contribution < 1.29 is 0 Å². The molecule has 0 saturated heterocycles. The second kappa shape index (κ2) is 6.22. The zero-order chi connectivity index (χ0) is 13.8. The van der Waals surface area contributed by atoms with E-state index in [1.807, 2.05) is 7.05 Å². The van der Waals surface area contributed by atoms with Gasteiger partial charge in [0.2, 0.25) is 0 Å². The van der Waals surface area contributed by atoms with Crippen LogP contribution in [0, 0.1) is 6.92 Å². The summed E-state index contributed by atoms with van der Waals surface area (Å²) in [5.74, 6) is 0. The fourth-order valence-corrected chi connectivity index (χ4v) is 2.80. The van der Waals surface area contributed by atoms with Crippen molar-refractivity contribution >= 4 is 27.3 Å². The highest BCUT2D eigenvalue weighted by molar-refractivity contribution is 9.10. The van der Waals surface area contributed by atoms with E-state index in [9.17, 15) is 0 Å². The van der Waals surface area contributed by atoms with E-state index < -0.39 is 0 Å². The summed E-state index contributed by atoms with van der Waals surface area (Å²) >= 11 is 3.66. The summed E-state index contributed by atoms with van der Waals surface area (Å²) in [4.78, 5) is 2.19. The summed E-state index contributed by atoms with van der Waals surface area (Å²) in [5.41, 5.74) is 4.91. The van der Waals surface area contributed by atoms with Crippen LogP contribution in [-0.4, -0.2) is 14.1 Å².